The Morgan fingerprint density at radius 3 is 2.61 bits per heavy atom. The number of hydrogen-bond acceptors (Lipinski definition) is 6. The lowest BCUT2D eigenvalue weighted by Crippen LogP contribution is -2.54. The van der Waals surface area contributed by atoms with Gasteiger partial charge in [0.05, 0.1) is 13.6 Å². The number of likely N-dealkylation sites (N-methyl/N-ethyl adjacent to an activating group) is 1. The SMILES string of the molecule is Cc1cc(NC(=O)C[N+]2(C)CCCC2COC(=O)[C@](O)(c2ccccc2)C2CCCC2)no1. The van der Waals surface area contributed by atoms with Crippen molar-refractivity contribution in [1.29, 1.82) is 0 Å². The third-order valence-corrected chi connectivity index (χ3v) is 7.37. The standard InChI is InChI=1S/C25H33N3O5/c1-18-15-22(27-33-18)26-23(29)16-28(2)14-8-13-21(28)17-32-24(30)25(31,20-11-6-7-12-20)19-9-4-3-5-10-19/h3-5,9-10,15,20-21,31H,6-8,11-14,16-17H2,1-2H3/p+1/t21?,25-,28?/m0/s1. The lowest BCUT2D eigenvalue weighted by Gasteiger charge is -2.36. The molecule has 2 aliphatic rings. The summed E-state index contributed by atoms with van der Waals surface area (Å²) in [5.74, 6) is 0.145. The maximum atomic E-state index is 13.3. The van der Waals surface area contributed by atoms with Crippen LogP contribution in [-0.2, 0) is 19.9 Å². The number of carbonyl (C=O) groups excluding carboxylic acids is 2. The Hall–Kier alpha value is -2.71. The number of carbonyl (C=O) groups is 2. The maximum absolute atomic E-state index is 13.3. The molecule has 2 unspecified atom stereocenters. The van der Waals surface area contributed by atoms with E-state index >= 15 is 0 Å². The van der Waals surface area contributed by atoms with Crippen LogP contribution in [0.1, 0.15) is 49.8 Å². The van der Waals surface area contributed by atoms with Gasteiger partial charge >= 0.3 is 5.97 Å². The van der Waals surface area contributed by atoms with Crippen LogP contribution in [-0.4, -0.2) is 59.4 Å². The predicted octanol–water partition coefficient (Wildman–Crippen LogP) is 3.15. The van der Waals surface area contributed by atoms with Gasteiger partial charge in [0.25, 0.3) is 5.91 Å². The predicted molar refractivity (Wildman–Crippen MR) is 122 cm³/mol. The van der Waals surface area contributed by atoms with Crippen molar-refractivity contribution in [3.8, 4) is 0 Å². The summed E-state index contributed by atoms with van der Waals surface area (Å²) in [5, 5.41) is 18.2. The van der Waals surface area contributed by atoms with E-state index in [0.29, 0.717) is 21.6 Å². The number of rotatable bonds is 8. The van der Waals surface area contributed by atoms with E-state index in [9.17, 15) is 14.7 Å². The van der Waals surface area contributed by atoms with Crippen LogP contribution in [0, 0.1) is 12.8 Å². The first-order chi connectivity index (χ1) is 15.8. The Balaban J connectivity index is 1.42. The number of hydrogen-bond donors (Lipinski definition) is 2. The van der Waals surface area contributed by atoms with Gasteiger partial charge in [-0.25, -0.2) is 4.79 Å². The number of likely N-dealkylation sites (tertiary alicyclic amines) is 1. The van der Waals surface area contributed by atoms with Crippen LogP contribution >= 0.6 is 0 Å². The molecule has 2 N–H and O–H groups in total. The Morgan fingerprint density at radius 1 is 1.21 bits per heavy atom. The lowest BCUT2D eigenvalue weighted by molar-refractivity contribution is -0.913. The van der Waals surface area contributed by atoms with Crippen molar-refractivity contribution in [1.82, 2.24) is 5.16 Å². The summed E-state index contributed by atoms with van der Waals surface area (Å²) in [5.41, 5.74) is -1.05. The number of amides is 1. The quantitative estimate of drug-likeness (QED) is 0.467. The second-order valence-corrected chi connectivity index (χ2v) is 9.74. The van der Waals surface area contributed by atoms with Gasteiger partial charge in [-0.2, -0.15) is 0 Å². The van der Waals surface area contributed by atoms with Crippen LogP contribution in [0.2, 0.25) is 0 Å². The second-order valence-electron chi connectivity index (χ2n) is 9.74. The number of nitrogens with zero attached hydrogens (tertiary/aromatic N) is 2. The molecule has 1 amide bonds. The molecule has 2 fully saturated rings. The molecule has 1 saturated carbocycles. The molecule has 1 saturated heterocycles. The minimum absolute atomic E-state index is 0.0117. The molecule has 2 heterocycles. The molecule has 178 valence electrons. The van der Waals surface area contributed by atoms with E-state index in [1.54, 1.807) is 25.1 Å². The average molecular weight is 457 g/mol. The van der Waals surface area contributed by atoms with Gasteiger partial charge < -0.3 is 24.2 Å². The van der Waals surface area contributed by atoms with Crippen LogP contribution in [0.4, 0.5) is 5.82 Å². The first-order valence-electron chi connectivity index (χ1n) is 11.8. The summed E-state index contributed by atoms with van der Waals surface area (Å²) < 4.78 is 11.3. The van der Waals surface area contributed by atoms with Crippen molar-refractivity contribution in [2.24, 2.45) is 5.92 Å². The second kappa shape index (κ2) is 9.65. The fraction of sp³-hybridized carbons (Fsp3) is 0.560. The highest BCUT2D eigenvalue weighted by Gasteiger charge is 2.49. The fourth-order valence-electron chi connectivity index (χ4n) is 5.43. The number of esters is 1. The number of benzene rings is 1. The largest absolute Gasteiger partial charge is 0.457 e. The summed E-state index contributed by atoms with van der Waals surface area (Å²) in [7, 11) is 2.01. The highest BCUT2D eigenvalue weighted by atomic mass is 16.6. The van der Waals surface area contributed by atoms with E-state index in [1.807, 2.05) is 25.2 Å². The van der Waals surface area contributed by atoms with E-state index in [1.165, 1.54) is 0 Å². The Kier molecular flexibility index (Phi) is 6.86. The van der Waals surface area contributed by atoms with E-state index in [4.69, 9.17) is 9.26 Å². The Bertz CT molecular complexity index is 971. The molecule has 0 radical (unpaired) electrons. The molecule has 1 aromatic heterocycles. The van der Waals surface area contributed by atoms with E-state index < -0.39 is 11.6 Å². The zero-order valence-corrected chi connectivity index (χ0v) is 19.5. The molecule has 0 bridgehead atoms. The van der Waals surface area contributed by atoms with Crippen molar-refractivity contribution in [3.05, 3.63) is 47.7 Å². The third kappa shape index (κ3) is 4.96. The van der Waals surface area contributed by atoms with Crippen LogP contribution < -0.4 is 5.32 Å². The molecule has 3 atom stereocenters. The topological polar surface area (TPSA) is 102 Å². The van der Waals surface area contributed by atoms with Crippen LogP contribution in [0.3, 0.4) is 0 Å². The van der Waals surface area contributed by atoms with Gasteiger partial charge in [0.2, 0.25) is 0 Å². The van der Waals surface area contributed by atoms with Gasteiger partial charge in [0.15, 0.2) is 18.0 Å². The van der Waals surface area contributed by atoms with Crippen molar-refractivity contribution < 1.29 is 28.4 Å². The third-order valence-electron chi connectivity index (χ3n) is 7.37. The van der Waals surface area contributed by atoms with Crippen LogP contribution in [0.25, 0.3) is 0 Å². The van der Waals surface area contributed by atoms with E-state index in [0.717, 1.165) is 45.1 Å². The first kappa shape index (κ1) is 23.4. The van der Waals surface area contributed by atoms with Gasteiger partial charge in [0, 0.05) is 24.8 Å². The first-order valence-corrected chi connectivity index (χ1v) is 11.8. The van der Waals surface area contributed by atoms with Crippen LogP contribution in [0.15, 0.2) is 40.9 Å². The van der Waals surface area contributed by atoms with Crippen LogP contribution in [0.5, 0.6) is 0 Å². The maximum Gasteiger partial charge on any atom is 0.343 e. The van der Waals surface area contributed by atoms with Crippen molar-refractivity contribution in [2.45, 2.75) is 57.1 Å². The minimum atomic E-state index is -1.64. The molecule has 1 aromatic carbocycles. The monoisotopic (exact) mass is 456 g/mol. The van der Waals surface area contributed by atoms with Gasteiger partial charge in [-0.15, -0.1) is 0 Å². The van der Waals surface area contributed by atoms with E-state index in [-0.39, 0.29) is 31.0 Å². The molecular formula is C25H34N3O5+. The molecule has 2 aromatic rings. The number of ether oxygens (including phenoxy) is 1. The number of aryl methyl sites for hydroxylation is 1. The number of quaternary nitrogens is 1. The number of anilines is 1. The van der Waals surface area contributed by atoms with E-state index in [2.05, 4.69) is 10.5 Å². The van der Waals surface area contributed by atoms with Crippen molar-refractivity contribution in [3.63, 3.8) is 0 Å². The minimum Gasteiger partial charge on any atom is -0.457 e. The smallest absolute Gasteiger partial charge is 0.343 e. The summed E-state index contributed by atoms with van der Waals surface area (Å²) in [6.07, 6.45) is 5.42. The summed E-state index contributed by atoms with van der Waals surface area (Å²) in [4.78, 5) is 25.9. The zero-order chi connectivity index (χ0) is 23.5. The molecule has 0 spiro atoms. The fourth-order valence-corrected chi connectivity index (χ4v) is 5.43. The average Bonchev–Trinajstić information content (AvgIpc) is 3.54. The van der Waals surface area contributed by atoms with Crippen molar-refractivity contribution in [2.75, 3.05) is 32.1 Å². The molecular weight excluding hydrogens is 422 g/mol. The molecule has 33 heavy (non-hydrogen) atoms. The summed E-state index contributed by atoms with van der Waals surface area (Å²) in [6.45, 7) is 3.01. The highest BCUT2D eigenvalue weighted by molar-refractivity contribution is 5.90. The Labute approximate surface area is 194 Å². The van der Waals surface area contributed by atoms with Gasteiger partial charge in [-0.1, -0.05) is 48.3 Å². The molecule has 8 heteroatoms. The van der Waals surface area contributed by atoms with Crippen molar-refractivity contribution >= 4 is 17.7 Å². The molecule has 1 aliphatic carbocycles. The lowest BCUT2D eigenvalue weighted by atomic mass is 9.80. The Morgan fingerprint density at radius 2 is 1.94 bits per heavy atom. The van der Waals surface area contributed by atoms with Gasteiger partial charge in [-0.3, -0.25) is 4.79 Å². The number of aromatic nitrogens is 1. The highest BCUT2D eigenvalue weighted by Crippen LogP contribution is 2.41. The normalized spacial score (nSPS) is 25.0. The van der Waals surface area contributed by atoms with Gasteiger partial charge in [0.1, 0.15) is 18.4 Å². The summed E-state index contributed by atoms with van der Waals surface area (Å²) >= 11 is 0. The summed E-state index contributed by atoms with van der Waals surface area (Å²) in [6, 6.07) is 10.8. The molecule has 4 rings (SSSR count). The zero-order valence-electron chi connectivity index (χ0n) is 19.5. The van der Waals surface area contributed by atoms with Gasteiger partial charge in [-0.05, 0) is 25.3 Å². The molecule has 1 aliphatic heterocycles. The molecule has 8 nitrogen and oxygen atoms in total. The number of nitrogens with one attached hydrogen (secondary N) is 1. The number of aliphatic hydroxyl groups is 1.